The lowest BCUT2D eigenvalue weighted by Gasteiger charge is -2.23. The van der Waals surface area contributed by atoms with Crippen LogP contribution >= 0.6 is 0 Å². The minimum absolute atomic E-state index is 0.00465. The SMILES string of the molecule is CC1CC2CN(c3c(F)cc4c(=O)c(OC(=O)O)cn(C5CC5)c4c3F)CC2N1.CC1CC2CNCC2N1. The zero-order chi connectivity index (χ0) is 26.7. The van der Waals surface area contributed by atoms with E-state index in [9.17, 15) is 9.59 Å². The van der Waals surface area contributed by atoms with Gasteiger partial charge in [0.2, 0.25) is 5.43 Å². The van der Waals surface area contributed by atoms with Crippen molar-refractivity contribution in [1.82, 2.24) is 20.5 Å². The molecule has 1 aromatic carbocycles. The standard InChI is InChI=1S/C20H21F2N3O4.C7H14N2/c1-9-4-10-6-24(7-14(10)23-9)18-13(21)5-12-17(16(18)22)25(11-2-3-11)8-15(19(12)26)29-20(27)28;1-5-2-6-3-8-4-7(6)9-5/h5,8-11,14,23H,2-4,6-7H2,1H3,(H,27,28);5-9H,2-4H2,1H3. The largest absolute Gasteiger partial charge is 0.511 e. The van der Waals surface area contributed by atoms with Crippen molar-refractivity contribution >= 4 is 22.7 Å². The summed E-state index contributed by atoms with van der Waals surface area (Å²) in [7, 11) is 0. The van der Waals surface area contributed by atoms with E-state index in [2.05, 4.69) is 34.5 Å². The van der Waals surface area contributed by atoms with E-state index in [4.69, 9.17) is 5.11 Å². The van der Waals surface area contributed by atoms with Gasteiger partial charge in [-0.2, -0.15) is 0 Å². The van der Waals surface area contributed by atoms with Crippen LogP contribution in [-0.2, 0) is 0 Å². The average molecular weight is 532 g/mol. The Morgan fingerprint density at radius 1 is 1.05 bits per heavy atom. The number of nitrogens with one attached hydrogen (secondary N) is 3. The second-order valence-electron chi connectivity index (χ2n) is 11.6. The fraction of sp³-hybridized carbons (Fsp3) is 0.630. The van der Waals surface area contributed by atoms with Crippen molar-refractivity contribution in [2.24, 2.45) is 11.8 Å². The smallest absolute Gasteiger partial charge is 0.449 e. The highest BCUT2D eigenvalue weighted by molar-refractivity contribution is 5.86. The summed E-state index contributed by atoms with van der Waals surface area (Å²) in [6, 6.07) is 3.08. The molecule has 206 valence electrons. The number of carbonyl (C=O) groups is 1. The van der Waals surface area contributed by atoms with Gasteiger partial charge in [-0.1, -0.05) is 0 Å². The highest BCUT2D eigenvalue weighted by atomic mass is 19.1. The summed E-state index contributed by atoms with van der Waals surface area (Å²) in [6.45, 7) is 7.86. The maximum Gasteiger partial charge on any atom is 0.511 e. The molecule has 4 N–H and O–H groups in total. The van der Waals surface area contributed by atoms with Crippen LogP contribution in [0.15, 0.2) is 17.1 Å². The fourth-order valence-electron chi connectivity index (χ4n) is 6.94. The number of anilines is 1. The molecule has 1 saturated carbocycles. The van der Waals surface area contributed by atoms with Crippen molar-refractivity contribution in [1.29, 1.82) is 0 Å². The van der Waals surface area contributed by atoms with E-state index in [1.165, 1.54) is 30.3 Å². The molecule has 6 atom stereocenters. The van der Waals surface area contributed by atoms with Crippen LogP contribution in [0.3, 0.4) is 0 Å². The Bertz CT molecular complexity index is 1290. The summed E-state index contributed by atoms with van der Waals surface area (Å²) in [5, 5.41) is 19.1. The molecule has 9 nitrogen and oxygen atoms in total. The van der Waals surface area contributed by atoms with Gasteiger partial charge in [-0.25, -0.2) is 13.6 Å². The van der Waals surface area contributed by atoms with Gasteiger partial charge in [0.05, 0.1) is 17.1 Å². The van der Waals surface area contributed by atoms with Crippen LogP contribution in [0.2, 0.25) is 0 Å². The molecule has 38 heavy (non-hydrogen) atoms. The molecule has 5 heterocycles. The monoisotopic (exact) mass is 531 g/mol. The molecule has 0 radical (unpaired) electrons. The minimum Gasteiger partial charge on any atom is -0.449 e. The Balaban J connectivity index is 0.000000246. The van der Waals surface area contributed by atoms with Gasteiger partial charge in [-0.15, -0.1) is 0 Å². The Morgan fingerprint density at radius 3 is 2.42 bits per heavy atom. The lowest BCUT2D eigenvalue weighted by atomic mass is 10.0. The molecule has 0 spiro atoms. The van der Waals surface area contributed by atoms with Crippen molar-refractivity contribution in [3.63, 3.8) is 0 Å². The second kappa shape index (κ2) is 9.77. The molecule has 4 saturated heterocycles. The molecule has 2 aromatic rings. The van der Waals surface area contributed by atoms with Crippen molar-refractivity contribution < 1.29 is 23.4 Å². The second-order valence-corrected chi connectivity index (χ2v) is 11.6. The average Bonchev–Trinajstić information content (AvgIpc) is 3.12. The zero-order valence-corrected chi connectivity index (χ0v) is 21.7. The number of rotatable bonds is 3. The summed E-state index contributed by atoms with van der Waals surface area (Å²) in [5.74, 6) is -0.789. The molecule has 6 unspecified atom stereocenters. The number of hydrogen-bond donors (Lipinski definition) is 4. The van der Waals surface area contributed by atoms with Gasteiger partial charge in [0.25, 0.3) is 0 Å². The van der Waals surface area contributed by atoms with E-state index in [1.807, 2.05) is 0 Å². The van der Waals surface area contributed by atoms with E-state index < -0.39 is 29.0 Å². The molecule has 5 fully saturated rings. The maximum atomic E-state index is 15.6. The Kier molecular flexibility index (Phi) is 6.56. The molecular weight excluding hydrogens is 496 g/mol. The molecule has 11 heteroatoms. The predicted molar refractivity (Wildman–Crippen MR) is 139 cm³/mol. The Hall–Kier alpha value is -2.76. The van der Waals surface area contributed by atoms with Crippen molar-refractivity contribution in [2.75, 3.05) is 31.1 Å². The summed E-state index contributed by atoms with van der Waals surface area (Å²) in [6.07, 6.45) is 3.45. The first-order valence-corrected chi connectivity index (χ1v) is 13.6. The number of halogens is 2. The van der Waals surface area contributed by atoms with E-state index >= 15 is 8.78 Å². The molecular formula is C27H35F2N5O4. The number of nitrogens with zero attached hydrogens (tertiary/aromatic N) is 2. The van der Waals surface area contributed by atoms with Crippen LogP contribution in [0.25, 0.3) is 10.9 Å². The fourth-order valence-corrected chi connectivity index (χ4v) is 6.94. The number of hydrogen-bond acceptors (Lipinski definition) is 7. The molecule has 1 aliphatic carbocycles. The molecule has 0 amide bonds. The van der Waals surface area contributed by atoms with Crippen LogP contribution in [0.4, 0.5) is 19.3 Å². The summed E-state index contributed by atoms with van der Waals surface area (Å²) in [4.78, 5) is 25.2. The molecule has 4 aliphatic heterocycles. The van der Waals surface area contributed by atoms with Gasteiger partial charge in [0.1, 0.15) is 11.5 Å². The summed E-state index contributed by atoms with van der Waals surface area (Å²) < 4.78 is 36.7. The van der Waals surface area contributed by atoms with Gasteiger partial charge in [-0.05, 0) is 64.0 Å². The van der Waals surface area contributed by atoms with Gasteiger partial charge >= 0.3 is 6.16 Å². The van der Waals surface area contributed by atoms with Crippen molar-refractivity contribution in [2.45, 2.75) is 69.7 Å². The van der Waals surface area contributed by atoms with Crippen LogP contribution in [-0.4, -0.2) is 66.2 Å². The minimum atomic E-state index is -1.65. The number of benzene rings is 1. The molecule has 7 rings (SSSR count). The van der Waals surface area contributed by atoms with Gasteiger partial charge in [0.15, 0.2) is 11.6 Å². The predicted octanol–water partition coefficient (Wildman–Crippen LogP) is 2.81. The zero-order valence-electron chi connectivity index (χ0n) is 21.7. The third kappa shape index (κ3) is 4.65. The first kappa shape index (κ1) is 25.5. The highest BCUT2D eigenvalue weighted by Crippen LogP contribution is 2.41. The maximum absolute atomic E-state index is 15.6. The van der Waals surface area contributed by atoms with Crippen molar-refractivity contribution in [3.8, 4) is 5.75 Å². The number of aromatic nitrogens is 1. The Labute approximate surface area is 219 Å². The van der Waals surface area contributed by atoms with Crippen LogP contribution < -0.4 is 31.0 Å². The van der Waals surface area contributed by atoms with Crippen LogP contribution in [0, 0.1) is 23.5 Å². The van der Waals surface area contributed by atoms with Crippen molar-refractivity contribution in [3.05, 3.63) is 34.1 Å². The molecule has 5 aliphatic rings. The van der Waals surface area contributed by atoms with E-state index in [1.54, 1.807) is 4.90 Å². The third-order valence-corrected chi connectivity index (χ3v) is 8.70. The van der Waals surface area contributed by atoms with Gasteiger partial charge in [-0.3, -0.25) is 4.79 Å². The van der Waals surface area contributed by atoms with Crippen LogP contribution in [0.5, 0.6) is 5.75 Å². The molecule has 1 aromatic heterocycles. The third-order valence-electron chi connectivity index (χ3n) is 8.70. The van der Waals surface area contributed by atoms with Gasteiger partial charge in [0, 0.05) is 49.8 Å². The first-order valence-electron chi connectivity index (χ1n) is 13.6. The topological polar surface area (TPSA) is 108 Å². The lowest BCUT2D eigenvalue weighted by Crippen LogP contribution is -2.34. The Morgan fingerprint density at radius 2 is 1.76 bits per heavy atom. The van der Waals surface area contributed by atoms with E-state index in [-0.39, 0.29) is 28.7 Å². The summed E-state index contributed by atoms with van der Waals surface area (Å²) in [5.41, 5.74) is -0.954. The van der Waals surface area contributed by atoms with E-state index in [0.29, 0.717) is 25.0 Å². The lowest BCUT2D eigenvalue weighted by molar-refractivity contribution is 0.143. The normalized spacial score (nSPS) is 31.7. The number of carboxylic acid groups (broad SMARTS) is 1. The van der Waals surface area contributed by atoms with Gasteiger partial charge < -0.3 is 35.3 Å². The summed E-state index contributed by atoms with van der Waals surface area (Å²) >= 11 is 0. The van der Waals surface area contributed by atoms with Crippen LogP contribution in [0.1, 0.15) is 45.6 Å². The first-order chi connectivity index (χ1) is 18.2. The number of fused-ring (bicyclic) bond motifs is 3. The molecule has 0 bridgehead atoms. The highest BCUT2D eigenvalue weighted by Gasteiger charge is 2.41. The van der Waals surface area contributed by atoms with E-state index in [0.717, 1.165) is 43.3 Å². The quantitative estimate of drug-likeness (QED) is 0.448. The number of pyridine rings is 1. The number of ether oxygens (including phenoxy) is 1.